The summed E-state index contributed by atoms with van der Waals surface area (Å²) in [5, 5.41) is 1.78. The summed E-state index contributed by atoms with van der Waals surface area (Å²) in [6.45, 7) is 0.613. The van der Waals surface area contributed by atoms with E-state index >= 15 is 0 Å². The maximum absolute atomic E-state index is 10.1. The first kappa shape index (κ1) is 12.4. The van der Waals surface area contributed by atoms with Crippen LogP contribution in [0.3, 0.4) is 0 Å². The summed E-state index contributed by atoms with van der Waals surface area (Å²) in [5.74, 6) is -0.274. The lowest BCUT2D eigenvalue weighted by atomic mass is 10.4. The largest absolute Gasteiger partial charge is 0.370 e. The lowest BCUT2D eigenvalue weighted by Gasteiger charge is -2.09. The minimum absolute atomic E-state index is 0. The fourth-order valence-corrected chi connectivity index (χ4v) is 0.403. The standard InChI is InChI=1S/C5H13N3O.ClH/c1-8(2)7-4-3-5(6)9;/h7H,3-4H2,1-2H3,(H2,6,9);1H. The molecule has 5 heteroatoms. The number of hydrogen-bond acceptors (Lipinski definition) is 3. The number of carbonyl (C=O) groups is 1. The molecule has 0 bridgehead atoms. The summed E-state index contributed by atoms with van der Waals surface area (Å²) in [7, 11) is 3.72. The van der Waals surface area contributed by atoms with E-state index in [1.54, 1.807) is 5.01 Å². The third kappa shape index (κ3) is 10.6. The first-order valence-corrected chi connectivity index (χ1v) is 2.82. The van der Waals surface area contributed by atoms with Crippen LogP contribution in [0.2, 0.25) is 0 Å². The Hall–Kier alpha value is -0.320. The molecule has 62 valence electrons. The fourth-order valence-electron chi connectivity index (χ4n) is 0.403. The fraction of sp³-hybridized carbons (Fsp3) is 0.800. The van der Waals surface area contributed by atoms with Crippen LogP contribution in [0, 0.1) is 0 Å². The van der Waals surface area contributed by atoms with Crippen LogP contribution in [0.25, 0.3) is 0 Å². The summed E-state index contributed by atoms with van der Waals surface area (Å²) < 4.78 is 0. The van der Waals surface area contributed by atoms with Gasteiger partial charge in [-0.2, -0.15) is 0 Å². The van der Waals surface area contributed by atoms with Gasteiger partial charge in [-0.15, -0.1) is 12.4 Å². The van der Waals surface area contributed by atoms with E-state index in [1.165, 1.54) is 0 Å². The zero-order valence-electron chi connectivity index (χ0n) is 6.26. The van der Waals surface area contributed by atoms with Crippen molar-refractivity contribution in [1.29, 1.82) is 0 Å². The molecule has 0 heterocycles. The Kier molecular flexibility index (Phi) is 8.40. The molecule has 0 aromatic carbocycles. The van der Waals surface area contributed by atoms with Crippen LogP contribution < -0.4 is 11.2 Å². The molecule has 0 atom stereocenters. The monoisotopic (exact) mass is 167 g/mol. The van der Waals surface area contributed by atoms with E-state index < -0.39 is 0 Å². The molecular weight excluding hydrogens is 154 g/mol. The van der Waals surface area contributed by atoms with Crippen LogP contribution in [0.15, 0.2) is 0 Å². The molecule has 0 saturated heterocycles. The molecule has 0 saturated carbocycles. The highest BCUT2D eigenvalue weighted by atomic mass is 35.5. The van der Waals surface area contributed by atoms with Crippen LogP contribution in [-0.4, -0.2) is 31.6 Å². The van der Waals surface area contributed by atoms with Crippen LogP contribution in [0.1, 0.15) is 6.42 Å². The topological polar surface area (TPSA) is 58.4 Å². The first-order valence-electron chi connectivity index (χ1n) is 2.82. The number of halogens is 1. The summed E-state index contributed by atoms with van der Waals surface area (Å²) in [4.78, 5) is 10.1. The third-order valence-corrected chi connectivity index (χ3v) is 0.799. The molecule has 4 nitrogen and oxygen atoms in total. The molecule has 0 radical (unpaired) electrons. The van der Waals surface area contributed by atoms with E-state index in [4.69, 9.17) is 5.73 Å². The van der Waals surface area contributed by atoms with Crippen molar-refractivity contribution in [2.75, 3.05) is 20.6 Å². The van der Waals surface area contributed by atoms with Crippen molar-refractivity contribution < 1.29 is 4.79 Å². The molecule has 0 aliphatic heterocycles. The number of hydrogen-bond donors (Lipinski definition) is 2. The van der Waals surface area contributed by atoms with Gasteiger partial charge < -0.3 is 5.73 Å². The highest BCUT2D eigenvalue weighted by Crippen LogP contribution is 1.72. The van der Waals surface area contributed by atoms with Gasteiger partial charge in [0.25, 0.3) is 0 Å². The van der Waals surface area contributed by atoms with Gasteiger partial charge in [0.2, 0.25) is 5.91 Å². The van der Waals surface area contributed by atoms with Crippen molar-refractivity contribution in [1.82, 2.24) is 10.4 Å². The van der Waals surface area contributed by atoms with Crippen molar-refractivity contribution >= 4 is 18.3 Å². The maximum Gasteiger partial charge on any atom is 0.218 e. The number of nitrogens with two attached hydrogens (primary N) is 1. The van der Waals surface area contributed by atoms with Crippen LogP contribution in [0.4, 0.5) is 0 Å². The molecular formula is C5H14ClN3O. The van der Waals surface area contributed by atoms with E-state index in [-0.39, 0.29) is 18.3 Å². The van der Waals surface area contributed by atoms with E-state index in [9.17, 15) is 4.79 Å². The predicted octanol–water partition coefficient (Wildman–Crippen LogP) is -0.650. The zero-order valence-corrected chi connectivity index (χ0v) is 7.07. The minimum atomic E-state index is -0.274. The van der Waals surface area contributed by atoms with Gasteiger partial charge in [0.05, 0.1) is 0 Å². The minimum Gasteiger partial charge on any atom is -0.370 e. The average molecular weight is 168 g/mol. The summed E-state index contributed by atoms with van der Waals surface area (Å²) >= 11 is 0. The van der Waals surface area contributed by atoms with Gasteiger partial charge in [0.15, 0.2) is 0 Å². The number of rotatable bonds is 4. The third-order valence-electron chi connectivity index (χ3n) is 0.799. The second-order valence-electron chi connectivity index (χ2n) is 2.02. The smallest absolute Gasteiger partial charge is 0.218 e. The number of carbonyl (C=O) groups excluding carboxylic acids is 1. The highest BCUT2D eigenvalue weighted by Gasteiger charge is 1.92. The van der Waals surface area contributed by atoms with Crippen molar-refractivity contribution in [3.8, 4) is 0 Å². The summed E-state index contributed by atoms with van der Waals surface area (Å²) in [6, 6.07) is 0. The van der Waals surface area contributed by atoms with Crippen molar-refractivity contribution in [2.45, 2.75) is 6.42 Å². The van der Waals surface area contributed by atoms with Gasteiger partial charge in [-0.05, 0) is 0 Å². The Morgan fingerprint density at radius 2 is 2.10 bits per heavy atom. The average Bonchev–Trinajstić information content (AvgIpc) is 1.63. The lowest BCUT2D eigenvalue weighted by Crippen LogP contribution is -2.33. The number of amides is 1. The van der Waals surface area contributed by atoms with Crippen LogP contribution in [0.5, 0.6) is 0 Å². The van der Waals surface area contributed by atoms with E-state index in [0.717, 1.165) is 0 Å². The first-order chi connectivity index (χ1) is 4.13. The molecule has 0 fully saturated rings. The van der Waals surface area contributed by atoms with Crippen molar-refractivity contribution in [2.24, 2.45) is 5.73 Å². The molecule has 0 unspecified atom stereocenters. The van der Waals surface area contributed by atoms with E-state index in [0.29, 0.717) is 13.0 Å². The SMILES string of the molecule is CN(C)NCCC(N)=O.Cl. The Balaban J connectivity index is 0. The van der Waals surface area contributed by atoms with Gasteiger partial charge in [-0.25, -0.2) is 0 Å². The summed E-state index contributed by atoms with van der Waals surface area (Å²) in [5.41, 5.74) is 7.79. The Morgan fingerprint density at radius 1 is 1.60 bits per heavy atom. The number of primary amides is 1. The second kappa shape index (κ2) is 6.80. The van der Waals surface area contributed by atoms with Gasteiger partial charge in [0.1, 0.15) is 0 Å². The quantitative estimate of drug-likeness (QED) is 0.548. The molecule has 0 aliphatic carbocycles. The zero-order chi connectivity index (χ0) is 7.28. The van der Waals surface area contributed by atoms with Crippen LogP contribution in [-0.2, 0) is 4.79 Å². The molecule has 1 amide bonds. The molecule has 3 N–H and O–H groups in total. The van der Waals surface area contributed by atoms with Gasteiger partial charge >= 0.3 is 0 Å². The van der Waals surface area contributed by atoms with Gasteiger partial charge in [0, 0.05) is 27.1 Å². The Bertz CT molecular complexity index is 96.9. The van der Waals surface area contributed by atoms with Crippen molar-refractivity contribution in [3.05, 3.63) is 0 Å². The van der Waals surface area contributed by atoms with E-state index in [1.807, 2.05) is 14.1 Å². The predicted molar refractivity (Wildman–Crippen MR) is 42.7 cm³/mol. The molecule has 0 spiro atoms. The molecule has 0 aromatic heterocycles. The summed E-state index contributed by atoms with van der Waals surface area (Å²) in [6.07, 6.45) is 0.387. The molecule has 10 heavy (non-hydrogen) atoms. The Labute approximate surface area is 67.1 Å². The maximum atomic E-state index is 10.1. The Morgan fingerprint density at radius 3 is 2.40 bits per heavy atom. The number of nitrogens with one attached hydrogen (secondary N) is 1. The van der Waals surface area contributed by atoms with Crippen molar-refractivity contribution in [3.63, 3.8) is 0 Å². The number of nitrogens with zero attached hydrogens (tertiary/aromatic N) is 1. The van der Waals surface area contributed by atoms with Crippen LogP contribution >= 0.6 is 12.4 Å². The molecule has 0 aliphatic rings. The normalized spacial score (nSPS) is 9.10. The van der Waals surface area contributed by atoms with Gasteiger partial charge in [-0.1, -0.05) is 0 Å². The van der Waals surface area contributed by atoms with E-state index in [2.05, 4.69) is 5.43 Å². The second-order valence-corrected chi connectivity index (χ2v) is 2.02. The molecule has 0 aromatic rings. The number of hydrazine groups is 1. The lowest BCUT2D eigenvalue weighted by molar-refractivity contribution is -0.118. The highest BCUT2D eigenvalue weighted by molar-refractivity contribution is 5.85. The molecule has 0 rings (SSSR count). The van der Waals surface area contributed by atoms with Gasteiger partial charge in [-0.3, -0.25) is 15.2 Å².